The van der Waals surface area contributed by atoms with Gasteiger partial charge in [-0.3, -0.25) is 4.68 Å². The summed E-state index contributed by atoms with van der Waals surface area (Å²) in [5, 5.41) is 7.89. The van der Waals surface area contributed by atoms with E-state index in [1.54, 1.807) is 29.5 Å². The van der Waals surface area contributed by atoms with Crippen molar-refractivity contribution >= 4 is 0 Å². The molecule has 3 aromatic rings. The van der Waals surface area contributed by atoms with E-state index in [0.29, 0.717) is 17.3 Å². The van der Waals surface area contributed by atoms with Gasteiger partial charge in [0.15, 0.2) is 0 Å². The molecule has 0 amide bonds. The maximum Gasteiger partial charge on any atom is 0.276 e. The van der Waals surface area contributed by atoms with E-state index in [2.05, 4.69) is 20.2 Å². The molecule has 3 aromatic heterocycles. The Morgan fingerprint density at radius 1 is 1.37 bits per heavy atom. The third-order valence-electron chi connectivity index (χ3n) is 2.67. The summed E-state index contributed by atoms with van der Waals surface area (Å²) in [6, 6.07) is 0. The van der Waals surface area contributed by atoms with Crippen molar-refractivity contribution in [2.75, 3.05) is 6.67 Å². The van der Waals surface area contributed by atoms with Gasteiger partial charge in [-0.2, -0.15) is 10.1 Å². The van der Waals surface area contributed by atoms with E-state index in [9.17, 15) is 4.39 Å². The zero-order valence-corrected chi connectivity index (χ0v) is 10.2. The van der Waals surface area contributed by atoms with E-state index in [-0.39, 0.29) is 6.54 Å². The number of hydrogen-bond acceptors (Lipinski definition) is 5. The molecule has 0 radical (unpaired) electrons. The van der Waals surface area contributed by atoms with Gasteiger partial charge in [0.05, 0.1) is 30.8 Å². The van der Waals surface area contributed by atoms with E-state index in [0.717, 1.165) is 5.69 Å². The third-order valence-corrected chi connectivity index (χ3v) is 2.67. The van der Waals surface area contributed by atoms with Gasteiger partial charge < -0.3 is 9.09 Å². The number of rotatable bonds is 4. The fraction of sp³-hybridized carbons (Fsp3) is 0.273. The number of aromatic nitrogens is 6. The molecule has 19 heavy (non-hydrogen) atoms. The normalized spacial score (nSPS) is 11.1. The summed E-state index contributed by atoms with van der Waals surface area (Å²) in [5.74, 6) is 0.801. The maximum absolute atomic E-state index is 12.2. The van der Waals surface area contributed by atoms with Crippen molar-refractivity contribution in [1.29, 1.82) is 0 Å². The van der Waals surface area contributed by atoms with Crippen LogP contribution in [0.5, 0.6) is 0 Å². The number of halogens is 1. The Hall–Kier alpha value is -2.51. The summed E-state index contributed by atoms with van der Waals surface area (Å²) in [4.78, 5) is 8.26. The van der Waals surface area contributed by atoms with Crippen molar-refractivity contribution in [3.05, 3.63) is 24.9 Å². The lowest BCUT2D eigenvalue weighted by atomic mass is 10.3. The first-order chi connectivity index (χ1) is 9.28. The van der Waals surface area contributed by atoms with Crippen LogP contribution < -0.4 is 0 Å². The summed E-state index contributed by atoms with van der Waals surface area (Å²) in [5.41, 5.74) is 1.42. The molecule has 0 saturated heterocycles. The van der Waals surface area contributed by atoms with Crippen molar-refractivity contribution in [2.45, 2.75) is 6.54 Å². The van der Waals surface area contributed by atoms with Crippen LogP contribution in [-0.4, -0.2) is 36.1 Å². The number of nitrogens with zero attached hydrogens (tertiary/aromatic N) is 6. The van der Waals surface area contributed by atoms with E-state index in [4.69, 9.17) is 4.52 Å². The zero-order valence-electron chi connectivity index (χ0n) is 10.2. The minimum Gasteiger partial charge on any atom is -0.332 e. The molecule has 0 saturated carbocycles. The Morgan fingerprint density at radius 2 is 2.26 bits per heavy atom. The van der Waals surface area contributed by atoms with Gasteiger partial charge in [-0.25, -0.2) is 9.37 Å². The molecule has 0 bridgehead atoms. The topological polar surface area (TPSA) is 74.6 Å². The predicted octanol–water partition coefficient (Wildman–Crippen LogP) is 1.30. The summed E-state index contributed by atoms with van der Waals surface area (Å²) < 4.78 is 20.7. The van der Waals surface area contributed by atoms with E-state index in [1.165, 1.54) is 4.68 Å². The van der Waals surface area contributed by atoms with Gasteiger partial charge in [-0.15, -0.1) is 0 Å². The van der Waals surface area contributed by atoms with Crippen LogP contribution in [0.3, 0.4) is 0 Å². The van der Waals surface area contributed by atoms with Crippen molar-refractivity contribution in [2.24, 2.45) is 7.05 Å². The zero-order chi connectivity index (χ0) is 13.2. The standard InChI is InChI=1S/C11H11FN6O/c1-17-7-13-5-9(17)11-15-10(16-19-11)8-4-14-18(6-8)3-2-12/h4-7H,2-3H2,1H3. The summed E-state index contributed by atoms with van der Waals surface area (Å²) in [6.07, 6.45) is 6.55. The molecule has 0 N–H and O–H groups in total. The van der Waals surface area contributed by atoms with Gasteiger partial charge in [-0.05, 0) is 0 Å². The first kappa shape index (κ1) is 11.6. The lowest BCUT2D eigenvalue weighted by Gasteiger charge is -1.93. The number of aryl methyl sites for hydroxylation is 2. The predicted molar refractivity (Wildman–Crippen MR) is 63.7 cm³/mol. The van der Waals surface area contributed by atoms with Gasteiger partial charge in [0.2, 0.25) is 5.82 Å². The van der Waals surface area contributed by atoms with Crippen molar-refractivity contribution < 1.29 is 8.91 Å². The third kappa shape index (κ3) is 2.12. The van der Waals surface area contributed by atoms with Crippen molar-refractivity contribution in [1.82, 2.24) is 29.5 Å². The molecule has 8 heteroatoms. The Balaban J connectivity index is 1.90. The molecule has 0 fully saturated rings. The Labute approximate surface area is 107 Å². The van der Waals surface area contributed by atoms with Gasteiger partial charge in [0.1, 0.15) is 12.4 Å². The van der Waals surface area contributed by atoms with Crippen LogP contribution in [-0.2, 0) is 13.6 Å². The molecule has 0 aliphatic heterocycles. The molecular weight excluding hydrogens is 251 g/mol. The second-order valence-electron chi connectivity index (χ2n) is 3.99. The average Bonchev–Trinajstić information content (AvgIpc) is 3.08. The van der Waals surface area contributed by atoms with Crippen LogP contribution in [0.25, 0.3) is 23.0 Å². The molecule has 0 atom stereocenters. The highest BCUT2D eigenvalue weighted by Crippen LogP contribution is 2.20. The molecule has 0 aliphatic rings. The highest BCUT2D eigenvalue weighted by molar-refractivity contribution is 5.55. The van der Waals surface area contributed by atoms with E-state index < -0.39 is 6.67 Å². The lowest BCUT2D eigenvalue weighted by molar-refractivity contribution is 0.427. The molecule has 98 valence electrons. The van der Waals surface area contributed by atoms with Gasteiger partial charge in [-0.1, -0.05) is 5.16 Å². The molecular formula is C11H11FN6O. The van der Waals surface area contributed by atoms with Crippen LogP contribution in [0.2, 0.25) is 0 Å². The lowest BCUT2D eigenvalue weighted by Crippen LogP contribution is -1.98. The second-order valence-corrected chi connectivity index (χ2v) is 3.99. The highest BCUT2D eigenvalue weighted by atomic mass is 19.1. The Kier molecular flexibility index (Phi) is 2.82. The average molecular weight is 262 g/mol. The molecule has 3 heterocycles. The van der Waals surface area contributed by atoms with Crippen molar-refractivity contribution in [3.63, 3.8) is 0 Å². The Bertz CT molecular complexity index is 685. The van der Waals surface area contributed by atoms with Gasteiger partial charge >= 0.3 is 0 Å². The van der Waals surface area contributed by atoms with E-state index in [1.807, 2.05) is 7.05 Å². The van der Waals surface area contributed by atoms with Crippen LogP contribution in [0.1, 0.15) is 0 Å². The first-order valence-electron chi connectivity index (χ1n) is 5.67. The summed E-state index contributed by atoms with van der Waals surface area (Å²) >= 11 is 0. The quantitative estimate of drug-likeness (QED) is 0.708. The minimum absolute atomic E-state index is 0.215. The molecule has 0 unspecified atom stereocenters. The van der Waals surface area contributed by atoms with E-state index >= 15 is 0 Å². The van der Waals surface area contributed by atoms with Crippen LogP contribution >= 0.6 is 0 Å². The molecule has 3 rings (SSSR count). The second kappa shape index (κ2) is 4.63. The smallest absolute Gasteiger partial charge is 0.276 e. The minimum atomic E-state index is -0.465. The maximum atomic E-state index is 12.2. The molecule has 0 aromatic carbocycles. The number of hydrogen-bond donors (Lipinski definition) is 0. The SMILES string of the molecule is Cn1cncc1-c1nc(-c2cnn(CCF)c2)no1. The van der Waals surface area contributed by atoms with Gasteiger partial charge in [0, 0.05) is 13.2 Å². The Morgan fingerprint density at radius 3 is 3.00 bits per heavy atom. The fourth-order valence-corrected chi connectivity index (χ4v) is 1.70. The molecule has 0 spiro atoms. The van der Waals surface area contributed by atoms with Crippen LogP contribution in [0.4, 0.5) is 4.39 Å². The van der Waals surface area contributed by atoms with Crippen molar-refractivity contribution in [3.8, 4) is 23.0 Å². The largest absolute Gasteiger partial charge is 0.332 e. The fourth-order valence-electron chi connectivity index (χ4n) is 1.70. The monoisotopic (exact) mass is 262 g/mol. The van der Waals surface area contributed by atoms with Crippen LogP contribution in [0, 0.1) is 0 Å². The van der Waals surface area contributed by atoms with Crippen LogP contribution in [0.15, 0.2) is 29.4 Å². The number of imidazole rings is 1. The number of alkyl halides is 1. The molecule has 7 nitrogen and oxygen atoms in total. The first-order valence-corrected chi connectivity index (χ1v) is 5.67. The highest BCUT2D eigenvalue weighted by Gasteiger charge is 2.14. The molecule has 0 aliphatic carbocycles. The summed E-state index contributed by atoms with van der Waals surface area (Å²) in [7, 11) is 1.84. The van der Waals surface area contributed by atoms with Gasteiger partial charge in [0.25, 0.3) is 5.89 Å². The summed E-state index contributed by atoms with van der Waals surface area (Å²) in [6.45, 7) is -0.250.